The van der Waals surface area contributed by atoms with Crippen molar-refractivity contribution in [3.8, 4) is 0 Å². The van der Waals surface area contributed by atoms with Gasteiger partial charge in [-0.1, -0.05) is 0 Å². The molecule has 2 saturated heterocycles. The molecule has 3 heterocycles. The van der Waals surface area contributed by atoms with Crippen LogP contribution in [0.3, 0.4) is 0 Å². The van der Waals surface area contributed by atoms with E-state index >= 15 is 0 Å². The molecule has 0 saturated carbocycles. The van der Waals surface area contributed by atoms with Crippen LogP contribution in [-0.2, 0) is 15.9 Å². The van der Waals surface area contributed by atoms with Crippen LogP contribution in [0.15, 0.2) is 17.0 Å². The number of hydrogen-bond acceptors (Lipinski definition) is 4. The average molecular weight is 317 g/mol. The largest absolute Gasteiger partial charge is 0.315 e. The van der Waals surface area contributed by atoms with Gasteiger partial charge in [0.05, 0.1) is 5.69 Å². The van der Waals surface area contributed by atoms with Gasteiger partial charge in [-0.05, 0) is 19.1 Å². The van der Waals surface area contributed by atoms with Crippen molar-refractivity contribution < 1.29 is 17.2 Å². The lowest BCUT2D eigenvalue weighted by Gasteiger charge is -2.55. The van der Waals surface area contributed by atoms with Gasteiger partial charge in [-0.2, -0.15) is 13.1 Å². The average Bonchev–Trinajstić information content (AvgIpc) is 2.22. The smallest absolute Gasteiger partial charge is 0.286 e. The molecule has 0 unspecified atom stereocenters. The maximum absolute atomic E-state index is 13.2. The summed E-state index contributed by atoms with van der Waals surface area (Å²) in [6.45, 7) is 4.81. The standard InChI is InChI=1S/C13H17F2N3O2S/c1-9-10(3-4-11(17-9)12(2,14)15)21(19,20)18-7-13(8-18)5-16-6-13/h3-4,16H,5-8H2,1-2H3. The fourth-order valence-electron chi connectivity index (χ4n) is 2.78. The molecule has 2 aliphatic heterocycles. The van der Waals surface area contributed by atoms with Crippen molar-refractivity contribution in [1.82, 2.24) is 14.6 Å². The Morgan fingerprint density at radius 2 is 1.95 bits per heavy atom. The van der Waals surface area contributed by atoms with E-state index in [1.165, 1.54) is 17.3 Å². The fraction of sp³-hybridized carbons (Fsp3) is 0.615. The zero-order valence-corrected chi connectivity index (χ0v) is 12.7. The first-order valence-corrected chi connectivity index (χ1v) is 8.15. The number of hydrogen-bond donors (Lipinski definition) is 1. The van der Waals surface area contributed by atoms with Crippen LogP contribution in [0.1, 0.15) is 18.3 Å². The third kappa shape index (κ3) is 2.35. The van der Waals surface area contributed by atoms with Crippen molar-refractivity contribution in [1.29, 1.82) is 0 Å². The molecule has 1 N–H and O–H groups in total. The molecule has 0 aromatic carbocycles. The van der Waals surface area contributed by atoms with E-state index in [1.807, 2.05) is 0 Å². The number of alkyl halides is 2. The summed E-state index contributed by atoms with van der Waals surface area (Å²) in [5.74, 6) is -3.08. The first-order chi connectivity index (χ1) is 9.64. The summed E-state index contributed by atoms with van der Waals surface area (Å²) in [5, 5.41) is 3.13. The zero-order chi connectivity index (χ0) is 15.5. The van der Waals surface area contributed by atoms with Gasteiger partial charge in [0.15, 0.2) is 0 Å². The third-order valence-corrected chi connectivity index (χ3v) is 6.05. The molecule has 1 aromatic heterocycles. The lowest BCUT2D eigenvalue weighted by atomic mass is 9.76. The number of aryl methyl sites for hydroxylation is 1. The van der Waals surface area contributed by atoms with Crippen molar-refractivity contribution in [2.24, 2.45) is 5.41 Å². The van der Waals surface area contributed by atoms with E-state index in [0.29, 0.717) is 13.1 Å². The Morgan fingerprint density at radius 3 is 2.38 bits per heavy atom. The molecule has 0 radical (unpaired) electrons. The van der Waals surface area contributed by atoms with Gasteiger partial charge in [0.25, 0.3) is 5.92 Å². The Bertz CT molecular complexity index is 673. The number of nitrogens with zero attached hydrogens (tertiary/aromatic N) is 2. The van der Waals surface area contributed by atoms with Gasteiger partial charge in [0, 0.05) is 38.5 Å². The van der Waals surface area contributed by atoms with Gasteiger partial charge in [0.2, 0.25) is 10.0 Å². The molecule has 2 fully saturated rings. The van der Waals surface area contributed by atoms with E-state index in [9.17, 15) is 17.2 Å². The lowest BCUT2D eigenvalue weighted by molar-refractivity contribution is 0.0122. The van der Waals surface area contributed by atoms with E-state index in [1.54, 1.807) is 0 Å². The van der Waals surface area contributed by atoms with Crippen LogP contribution < -0.4 is 5.32 Å². The minimum Gasteiger partial charge on any atom is -0.315 e. The van der Waals surface area contributed by atoms with E-state index in [0.717, 1.165) is 26.1 Å². The Morgan fingerprint density at radius 1 is 1.33 bits per heavy atom. The third-order valence-electron chi connectivity index (χ3n) is 4.13. The molecule has 0 bridgehead atoms. The highest BCUT2D eigenvalue weighted by Gasteiger charge is 2.52. The van der Waals surface area contributed by atoms with E-state index in [-0.39, 0.29) is 16.0 Å². The van der Waals surface area contributed by atoms with Crippen LogP contribution in [0.5, 0.6) is 0 Å². The molecule has 5 nitrogen and oxygen atoms in total. The van der Waals surface area contributed by atoms with Crippen LogP contribution in [-0.4, -0.2) is 43.9 Å². The number of aromatic nitrogens is 1. The SMILES string of the molecule is Cc1nc(C(C)(F)F)ccc1S(=O)(=O)N1CC2(CNC2)C1. The molecule has 0 aliphatic carbocycles. The summed E-state index contributed by atoms with van der Waals surface area (Å²) in [6, 6.07) is 2.31. The van der Waals surface area contributed by atoms with Crippen molar-refractivity contribution in [3.05, 3.63) is 23.5 Å². The minimum absolute atomic E-state index is 0.0117. The fourth-order valence-corrected chi connectivity index (χ4v) is 4.60. The number of rotatable bonds is 3. The Labute approximate surface area is 122 Å². The summed E-state index contributed by atoms with van der Waals surface area (Å²) < 4.78 is 52.8. The van der Waals surface area contributed by atoms with Crippen LogP contribution in [0.2, 0.25) is 0 Å². The van der Waals surface area contributed by atoms with Gasteiger partial charge in [-0.3, -0.25) is 4.98 Å². The molecule has 1 aromatic rings. The number of nitrogens with one attached hydrogen (secondary N) is 1. The summed E-state index contributed by atoms with van der Waals surface area (Å²) in [7, 11) is -3.64. The molecule has 3 rings (SSSR count). The van der Waals surface area contributed by atoms with Crippen molar-refractivity contribution in [2.75, 3.05) is 26.2 Å². The van der Waals surface area contributed by atoms with Gasteiger partial charge in [0.1, 0.15) is 10.6 Å². The lowest BCUT2D eigenvalue weighted by Crippen LogP contribution is -2.71. The second-order valence-corrected chi connectivity index (χ2v) is 7.95. The van der Waals surface area contributed by atoms with Crippen molar-refractivity contribution in [2.45, 2.75) is 24.7 Å². The Hall–Kier alpha value is -1.12. The Balaban J connectivity index is 1.86. The van der Waals surface area contributed by atoms with Crippen LogP contribution in [0.4, 0.5) is 8.78 Å². The molecule has 0 atom stereocenters. The van der Waals surface area contributed by atoms with Gasteiger partial charge in [-0.25, -0.2) is 8.42 Å². The number of sulfonamides is 1. The summed E-state index contributed by atoms with van der Waals surface area (Å²) in [6.07, 6.45) is 0. The second kappa shape index (κ2) is 4.44. The number of halogens is 2. The summed E-state index contributed by atoms with van der Waals surface area (Å²) >= 11 is 0. The van der Waals surface area contributed by atoms with Crippen molar-refractivity contribution in [3.63, 3.8) is 0 Å². The molecule has 116 valence electrons. The highest BCUT2D eigenvalue weighted by atomic mass is 32.2. The van der Waals surface area contributed by atoms with Crippen LogP contribution >= 0.6 is 0 Å². The first kappa shape index (κ1) is 14.8. The quantitative estimate of drug-likeness (QED) is 0.907. The maximum Gasteiger partial charge on any atom is 0.286 e. The van der Waals surface area contributed by atoms with Gasteiger partial charge >= 0.3 is 0 Å². The molecule has 21 heavy (non-hydrogen) atoms. The molecule has 0 amide bonds. The van der Waals surface area contributed by atoms with E-state index < -0.39 is 21.6 Å². The van der Waals surface area contributed by atoms with Gasteiger partial charge in [-0.15, -0.1) is 0 Å². The first-order valence-electron chi connectivity index (χ1n) is 6.71. The summed E-state index contributed by atoms with van der Waals surface area (Å²) in [5.41, 5.74) is -0.228. The predicted octanol–water partition coefficient (Wildman–Crippen LogP) is 1.10. The molecule has 8 heteroatoms. The maximum atomic E-state index is 13.2. The minimum atomic E-state index is -3.64. The van der Waals surface area contributed by atoms with Crippen molar-refractivity contribution >= 4 is 10.0 Å². The second-order valence-electron chi connectivity index (χ2n) is 6.05. The van der Waals surface area contributed by atoms with Gasteiger partial charge < -0.3 is 5.32 Å². The highest BCUT2D eigenvalue weighted by molar-refractivity contribution is 7.89. The molecular formula is C13H17F2N3O2S. The molecular weight excluding hydrogens is 300 g/mol. The van der Waals surface area contributed by atoms with E-state index in [2.05, 4.69) is 10.3 Å². The monoisotopic (exact) mass is 317 g/mol. The normalized spacial score (nSPS) is 21.9. The predicted molar refractivity (Wildman–Crippen MR) is 72.6 cm³/mol. The van der Waals surface area contributed by atoms with Crippen LogP contribution in [0.25, 0.3) is 0 Å². The number of pyridine rings is 1. The summed E-state index contributed by atoms with van der Waals surface area (Å²) in [4.78, 5) is 3.77. The molecule has 1 spiro atoms. The molecule has 2 aliphatic rings. The topological polar surface area (TPSA) is 62.3 Å². The van der Waals surface area contributed by atoms with Crippen LogP contribution in [0, 0.1) is 12.3 Å². The van der Waals surface area contributed by atoms with E-state index in [4.69, 9.17) is 0 Å². The Kier molecular flexibility index (Phi) is 3.13. The zero-order valence-electron chi connectivity index (χ0n) is 11.9. The highest BCUT2D eigenvalue weighted by Crippen LogP contribution is 2.38.